The van der Waals surface area contributed by atoms with Gasteiger partial charge in [0.05, 0.1) is 13.0 Å². The van der Waals surface area contributed by atoms with Crippen molar-refractivity contribution in [2.45, 2.75) is 19.3 Å². The SMILES string of the molecule is CCC(CO)C(C[N+](=O)[O-])c1cccc(OC)c1O. The van der Waals surface area contributed by atoms with Crippen LogP contribution in [0.5, 0.6) is 11.5 Å². The van der Waals surface area contributed by atoms with E-state index < -0.39 is 10.8 Å². The molecular weight excluding hydrogens is 250 g/mol. The number of hydrogen-bond donors (Lipinski definition) is 2. The molecule has 1 aromatic carbocycles. The Kier molecular flexibility index (Phi) is 5.57. The third-order valence-corrected chi connectivity index (χ3v) is 3.32. The number of aliphatic hydroxyl groups is 1. The number of hydrogen-bond acceptors (Lipinski definition) is 5. The summed E-state index contributed by atoms with van der Waals surface area (Å²) in [5.41, 5.74) is 0.442. The number of phenolic OH excluding ortho intramolecular Hbond substituents is 1. The molecule has 0 fully saturated rings. The van der Waals surface area contributed by atoms with Crippen molar-refractivity contribution in [2.75, 3.05) is 20.3 Å². The molecule has 0 aromatic heterocycles. The number of nitrogens with zero attached hydrogens (tertiary/aromatic N) is 1. The van der Waals surface area contributed by atoms with Crippen LogP contribution >= 0.6 is 0 Å². The first-order valence-electron chi connectivity index (χ1n) is 6.13. The zero-order chi connectivity index (χ0) is 14.4. The Bertz CT molecular complexity index is 431. The van der Waals surface area contributed by atoms with Crippen LogP contribution in [0.1, 0.15) is 24.8 Å². The van der Waals surface area contributed by atoms with Crippen LogP contribution in [0.4, 0.5) is 0 Å². The first-order valence-corrected chi connectivity index (χ1v) is 6.13. The zero-order valence-electron chi connectivity index (χ0n) is 11.1. The lowest BCUT2D eigenvalue weighted by Gasteiger charge is -2.23. The normalized spacial score (nSPS) is 13.8. The van der Waals surface area contributed by atoms with Crippen molar-refractivity contribution < 1.29 is 19.9 Å². The molecule has 2 N–H and O–H groups in total. The van der Waals surface area contributed by atoms with Gasteiger partial charge in [-0.3, -0.25) is 10.1 Å². The van der Waals surface area contributed by atoms with Crippen LogP contribution in [0.25, 0.3) is 0 Å². The quantitative estimate of drug-likeness (QED) is 0.581. The second-order valence-electron chi connectivity index (χ2n) is 4.37. The highest BCUT2D eigenvalue weighted by Gasteiger charge is 2.29. The molecule has 0 spiro atoms. The van der Waals surface area contributed by atoms with E-state index in [1.807, 2.05) is 6.92 Å². The molecule has 0 aliphatic heterocycles. The maximum atomic E-state index is 10.8. The van der Waals surface area contributed by atoms with Crippen LogP contribution in [0.15, 0.2) is 18.2 Å². The van der Waals surface area contributed by atoms with Gasteiger partial charge in [0, 0.05) is 17.1 Å². The molecule has 0 aliphatic carbocycles. The Morgan fingerprint density at radius 1 is 1.47 bits per heavy atom. The molecule has 2 unspecified atom stereocenters. The minimum absolute atomic E-state index is 0.0937. The number of ether oxygens (including phenoxy) is 1. The van der Waals surface area contributed by atoms with E-state index in [2.05, 4.69) is 0 Å². The van der Waals surface area contributed by atoms with Crippen LogP contribution < -0.4 is 4.74 Å². The molecule has 6 nitrogen and oxygen atoms in total. The Balaban J connectivity index is 3.20. The van der Waals surface area contributed by atoms with Gasteiger partial charge >= 0.3 is 0 Å². The second-order valence-corrected chi connectivity index (χ2v) is 4.37. The molecule has 0 saturated carbocycles. The molecule has 2 atom stereocenters. The summed E-state index contributed by atoms with van der Waals surface area (Å²) in [6.45, 7) is 1.36. The fourth-order valence-corrected chi connectivity index (χ4v) is 2.21. The summed E-state index contributed by atoms with van der Waals surface area (Å²) in [5, 5.41) is 30.2. The average molecular weight is 269 g/mol. The molecule has 6 heteroatoms. The van der Waals surface area contributed by atoms with Crippen LogP contribution in [0.2, 0.25) is 0 Å². The summed E-state index contributed by atoms with van der Waals surface area (Å²) in [6.07, 6.45) is 0.589. The van der Waals surface area contributed by atoms with E-state index in [9.17, 15) is 20.3 Å². The number of methoxy groups -OCH3 is 1. The summed E-state index contributed by atoms with van der Waals surface area (Å²) in [4.78, 5) is 10.4. The predicted molar refractivity (Wildman–Crippen MR) is 70.1 cm³/mol. The maximum absolute atomic E-state index is 10.8. The first-order chi connectivity index (χ1) is 9.04. The van der Waals surface area contributed by atoms with E-state index >= 15 is 0 Å². The number of benzene rings is 1. The zero-order valence-corrected chi connectivity index (χ0v) is 11.1. The van der Waals surface area contributed by atoms with E-state index in [1.165, 1.54) is 7.11 Å². The van der Waals surface area contributed by atoms with Crippen molar-refractivity contribution >= 4 is 0 Å². The predicted octanol–water partition coefficient (Wildman–Crippen LogP) is 1.78. The number of phenols is 1. The van der Waals surface area contributed by atoms with Gasteiger partial charge in [0.15, 0.2) is 11.5 Å². The van der Waals surface area contributed by atoms with Gasteiger partial charge in [-0.05, 0) is 12.0 Å². The van der Waals surface area contributed by atoms with Crippen molar-refractivity contribution in [2.24, 2.45) is 5.92 Å². The van der Waals surface area contributed by atoms with Gasteiger partial charge in [-0.2, -0.15) is 0 Å². The smallest absolute Gasteiger partial charge is 0.211 e. The molecule has 1 rings (SSSR count). The van der Waals surface area contributed by atoms with Crippen LogP contribution in [-0.2, 0) is 0 Å². The van der Waals surface area contributed by atoms with E-state index in [4.69, 9.17) is 4.74 Å². The van der Waals surface area contributed by atoms with Crippen molar-refractivity contribution in [3.05, 3.63) is 33.9 Å². The maximum Gasteiger partial charge on any atom is 0.211 e. The summed E-state index contributed by atoms with van der Waals surface area (Å²) >= 11 is 0. The molecule has 0 radical (unpaired) electrons. The van der Waals surface area contributed by atoms with Crippen molar-refractivity contribution in [1.29, 1.82) is 0 Å². The third-order valence-electron chi connectivity index (χ3n) is 3.32. The molecule has 106 valence electrons. The number of rotatable bonds is 7. The van der Waals surface area contributed by atoms with Crippen LogP contribution in [0.3, 0.4) is 0 Å². The van der Waals surface area contributed by atoms with Crippen molar-refractivity contribution in [3.63, 3.8) is 0 Å². The van der Waals surface area contributed by atoms with Gasteiger partial charge < -0.3 is 14.9 Å². The summed E-state index contributed by atoms with van der Waals surface area (Å²) in [7, 11) is 1.42. The first kappa shape index (κ1) is 15.2. The Labute approximate surface area is 111 Å². The van der Waals surface area contributed by atoms with Gasteiger partial charge in [0.2, 0.25) is 6.54 Å². The van der Waals surface area contributed by atoms with E-state index in [0.717, 1.165) is 0 Å². The highest BCUT2D eigenvalue weighted by molar-refractivity contribution is 5.47. The average Bonchev–Trinajstić information content (AvgIpc) is 2.39. The number of para-hydroxylation sites is 1. The molecule has 0 bridgehead atoms. The minimum Gasteiger partial charge on any atom is -0.504 e. The lowest BCUT2D eigenvalue weighted by atomic mass is 9.84. The Hall–Kier alpha value is -1.82. The van der Waals surface area contributed by atoms with Crippen LogP contribution in [0, 0.1) is 16.0 Å². The van der Waals surface area contributed by atoms with Gasteiger partial charge in [0.25, 0.3) is 0 Å². The number of aromatic hydroxyl groups is 1. The Morgan fingerprint density at radius 2 is 2.16 bits per heavy atom. The van der Waals surface area contributed by atoms with Crippen molar-refractivity contribution in [3.8, 4) is 11.5 Å². The summed E-state index contributed by atoms with van der Waals surface area (Å²) in [5.74, 6) is -0.633. The standard InChI is InChI=1S/C13H19NO5/c1-3-9(8-15)11(7-14(17)18)10-5-4-6-12(19-2)13(10)16/h4-6,9,11,15-16H,3,7-8H2,1-2H3. The molecule has 19 heavy (non-hydrogen) atoms. The minimum atomic E-state index is -0.542. The monoisotopic (exact) mass is 269 g/mol. The molecular formula is C13H19NO5. The van der Waals surface area contributed by atoms with Gasteiger partial charge in [-0.25, -0.2) is 0 Å². The molecule has 0 aliphatic rings. The third kappa shape index (κ3) is 3.57. The highest BCUT2D eigenvalue weighted by Crippen LogP contribution is 2.38. The van der Waals surface area contributed by atoms with E-state index in [0.29, 0.717) is 12.0 Å². The lowest BCUT2D eigenvalue weighted by molar-refractivity contribution is -0.485. The summed E-state index contributed by atoms with van der Waals surface area (Å²) in [6, 6.07) is 4.89. The highest BCUT2D eigenvalue weighted by atomic mass is 16.6. The van der Waals surface area contributed by atoms with Gasteiger partial charge in [0.1, 0.15) is 0 Å². The van der Waals surface area contributed by atoms with E-state index in [-0.39, 0.29) is 30.6 Å². The largest absolute Gasteiger partial charge is 0.504 e. The molecule has 1 aromatic rings. The van der Waals surface area contributed by atoms with Gasteiger partial charge in [-0.15, -0.1) is 0 Å². The van der Waals surface area contributed by atoms with Crippen LogP contribution in [-0.4, -0.2) is 35.4 Å². The topological polar surface area (TPSA) is 92.8 Å². The van der Waals surface area contributed by atoms with E-state index in [1.54, 1.807) is 18.2 Å². The van der Waals surface area contributed by atoms with Gasteiger partial charge in [-0.1, -0.05) is 25.5 Å². The summed E-state index contributed by atoms with van der Waals surface area (Å²) < 4.78 is 5.01. The fourth-order valence-electron chi connectivity index (χ4n) is 2.21. The fraction of sp³-hybridized carbons (Fsp3) is 0.538. The number of aliphatic hydroxyl groups excluding tert-OH is 1. The number of nitro groups is 1. The lowest BCUT2D eigenvalue weighted by Crippen LogP contribution is -2.23. The molecule has 0 amide bonds. The second kappa shape index (κ2) is 6.94. The van der Waals surface area contributed by atoms with Crippen molar-refractivity contribution in [1.82, 2.24) is 0 Å². The Morgan fingerprint density at radius 3 is 2.63 bits per heavy atom. The molecule has 0 saturated heterocycles. The molecule has 0 heterocycles.